The third-order valence-corrected chi connectivity index (χ3v) is 5.16. The molecular weight excluding hydrogens is 251 g/mol. The van der Waals surface area contributed by atoms with Gasteiger partial charge >= 0.3 is 0 Å². The molecule has 0 aromatic carbocycles. The Kier molecular flexibility index (Phi) is 3.70. The Bertz CT molecular complexity index is 362. The van der Waals surface area contributed by atoms with Crippen molar-refractivity contribution in [2.75, 3.05) is 19.5 Å². The number of hydrogen-bond donors (Lipinski definition) is 0. The van der Waals surface area contributed by atoms with E-state index in [-0.39, 0.29) is 30.3 Å². The molecule has 2 saturated heterocycles. The Morgan fingerprint density at radius 3 is 2.39 bits per heavy atom. The molecule has 5 atom stereocenters. The van der Waals surface area contributed by atoms with Crippen LogP contribution >= 0.6 is 7.14 Å². The third-order valence-electron chi connectivity index (χ3n) is 3.70. The lowest BCUT2D eigenvalue weighted by atomic mass is 9.93. The van der Waals surface area contributed by atoms with Gasteiger partial charge in [0.15, 0.2) is 12.1 Å². The SMILES string of the molecule is C[C@H]1[C@H]2OC(C)(C)O[C@H]2O[C@@H]1[C@@H](C)CP(C)(C)=O. The predicted molar refractivity (Wildman–Crippen MR) is 71.3 cm³/mol. The Labute approximate surface area is 110 Å². The first kappa shape index (κ1) is 14.5. The third kappa shape index (κ3) is 2.98. The number of ether oxygens (including phenoxy) is 3. The van der Waals surface area contributed by atoms with Crippen LogP contribution in [0.3, 0.4) is 0 Å². The maximum atomic E-state index is 11.9. The minimum atomic E-state index is -2.02. The molecule has 2 heterocycles. The fourth-order valence-electron chi connectivity index (χ4n) is 3.13. The van der Waals surface area contributed by atoms with Crippen LogP contribution in [0.5, 0.6) is 0 Å². The summed E-state index contributed by atoms with van der Waals surface area (Å²) in [7, 11) is -2.02. The van der Waals surface area contributed by atoms with E-state index in [1.54, 1.807) is 0 Å². The summed E-state index contributed by atoms with van der Waals surface area (Å²) in [6.45, 7) is 11.7. The zero-order valence-corrected chi connectivity index (χ0v) is 13.1. The summed E-state index contributed by atoms with van der Waals surface area (Å²) in [6, 6.07) is 0. The molecule has 0 unspecified atom stereocenters. The zero-order valence-electron chi connectivity index (χ0n) is 12.2. The molecule has 2 aliphatic rings. The Morgan fingerprint density at radius 2 is 1.89 bits per heavy atom. The van der Waals surface area contributed by atoms with Crippen LogP contribution in [0.1, 0.15) is 27.7 Å². The minimum absolute atomic E-state index is 0.000507. The van der Waals surface area contributed by atoms with E-state index >= 15 is 0 Å². The van der Waals surface area contributed by atoms with Crippen molar-refractivity contribution in [2.45, 2.75) is 52.0 Å². The molecule has 106 valence electrons. The van der Waals surface area contributed by atoms with Gasteiger partial charge in [-0.05, 0) is 33.1 Å². The first-order chi connectivity index (χ1) is 8.09. The van der Waals surface area contributed by atoms with Crippen LogP contribution in [0.25, 0.3) is 0 Å². The van der Waals surface area contributed by atoms with E-state index in [9.17, 15) is 4.57 Å². The lowest BCUT2D eigenvalue weighted by Crippen LogP contribution is -2.33. The fourth-order valence-corrected chi connectivity index (χ4v) is 4.73. The molecule has 0 bridgehead atoms. The van der Waals surface area contributed by atoms with Crippen LogP contribution in [0.4, 0.5) is 0 Å². The normalized spacial score (nSPS) is 40.8. The van der Waals surface area contributed by atoms with Gasteiger partial charge in [-0.25, -0.2) is 0 Å². The summed E-state index contributed by atoms with van der Waals surface area (Å²) >= 11 is 0. The highest BCUT2D eigenvalue weighted by Gasteiger charge is 2.53. The van der Waals surface area contributed by atoms with Crippen molar-refractivity contribution in [1.82, 2.24) is 0 Å². The van der Waals surface area contributed by atoms with Gasteiger partial charge in [0, 0.05) is 12.1 Å². The smallest absolute Gasteiger partial charge is 0.187 e. The predicted octanol–water partition coefficient (Wildman–Crippen LogP) is 2.76. The second kappa shape index (κ2) is 4.59. The summed E-state index contributed by atoms with van der Waals surface area (Å²) in [5.41, 5.74) is 0. The van der Waals surface area contributed by atoms with Gasteiger partial charge in [0.1, 0.15) is 6.10 Å². The number of hydrogen-bond acceptors (Lipinski definition) is 4. The molecule has 0 spiro atoms. The van der Waals surface area contributed by atoms with Crippen molar-refractivity contribution in [3.63, 3.8) is 0 Å². The second-order valence-electron chi connectivity index (χ2n) is 6.66. The molecule has 4 nitrogen and oxygen atoms in total. The van der Waals surface area contributed by atoms with Gasteiger partial charge in [0.2, 0.25) is 0 Å². The molecule has 2 aliphatic heterocycles. The minimum Gasteiger partial charge on any atom is -0.346 e. The van der Waals surface area contributed by atoms with Crippen molar-refractivity contribution < 1.29 is 18.8 Å². The average molecular weight is 276 g/mol. The van der Waals surface area contributed by atoms with E-state index in [4.69, 9.17) is 14.2 Å². The van der Waals surface area contributed by atoms with E-state index in [1.807, 2.05) is 27.2 Å². The first-order valence-electron chi connectivity index (χ1n) is 6.64. The van der Waals surface area contributed by atoms with Crippen LogP contribution < -0.4 is 0 Å². The Hall–Kier alpha value is 0.110. The van der Waals surface area contributed by atoms with Gasteiger partial charge in [-0.1, -0.05) is 13.8 Å². The average Bonchev–Trinajstić information content (AvgIpc) is 2.58. The molecule has 0 aromatic heterocycles. The molecule has 2 fully saturated rings. The van der Waals surface area contributed by atoms with Gasteiger partial charge in [-0.2, -0.15) is 0 Å². The largest absolute Gasteiger partial charge is 0.346 e. The summed E-state index contributed by atoms with van der Waals surface area (Å²) < 4.78 is 29.5. The highest BCUT2D eigenvalue weighted by atomic mass is 31.2. The molecule has 0 saturated carbocycles. The van der Waals surface area contributed by atoms with Gasteiger partial charge in [-0.3, -0.25) is 0 Å². The van der Waals surface area contributed by atoms with Crippen LogP contribution in [0.2, 0.25) is 0 Å². The molecule has 18 heavy (non-hydrogen) atoms. The maximum Gasteiger partial charge on any atom is 0.187 e. The van der Waals surface area contributed by atoms with Gasteiger partial charge in [0.05, 0.1) is 13.2 Å². The molecule has 0 radical (unpaired) electrons. The molecule has 2 rings (SSSR count). The first-order valence-corrected chi connectivity index (χ1v) is 9.43. The summed E-state index contributed by atoms with van der Waals surface area (Å²) in [5.74, 6) is -0.0112. The Balaban J connectivity index is 2.01. The van der Waals surface area contributed by atoms with Crippen LogP contribution in [0.15, 0.2) is 0 Å². The van der Waals surface area contributed by atoms with Crippen LogP contribution in [-0.4, -0.2) is 43.8 Å². The van der Waals surface area contributed by atoms with E-state index in [2.05, 4.69) is 13.8 Å². The summed E-state index contributed by atoms with van der Waals surface area (Å²) in [6.07, 6.45) is 0.519. The van der Waals surface area contributed by atoms with E-state index in [0.29, 0.717) is 6.16 Å². The standard InChI is InChI=1S/C13H25O4P/c1-8(7-18(5,6)14)10-9(2)11-12(15-10)17-13(3,4)16-11/h8-12H,7H2,1-6H3/t8-,9+,10+,11+,12+/m0/s1. The lowest BCUT2D eigenvalue weighted by molar-refractivity contribution is -0.213. The lowest BCUT2D eigenvalue weighted by Gasteiger charge is -2.28. The van der Waals surface area contributed by atoms with Crippen molar-refractivity contribution in [2.24, 2.45) is 11.8 Å². The number of fused-ring (bicyclic) bond motifs is 1. The zero-order chi connectivity index (χ0) is 13.7. The van der Waals surface area contributed by atoms with Crippen molar-refractivity contribution in [3.05, 3.63) is 0 Å². The van der Waals surface area contributed by atoms with E-state index < -0.39 is 12.9 Å². The van der Waals surface area contributed by atoms with Crippen molar-refractivity contribution in [3.8, 4) is 0 Å². The molecule has 0 amide bonds. The van der Waals surface area contributed by atoms with Crippen LogP contribution in [0, 0.1) is 11.8 Å². The molecular formula is C13H25O4P. The van der Waals surface area contributed by atoms with E-state index in [0.717, 1.165) is 0 Å². The topological polar surface area (TPSA) is 44.8 Å². The molecule has 0 aromatic rings. The van der Waals surface area contributed by atoms with E-state index in [1.165, 1.54) is 0 Å². The summed E-state index contributed by atoms with van der Waals surface area (Å²) in [5, 5.41) is 0. The highest BCUT2D eigenvalue weighted by Crippen LogP contribution is 2.46. The fraction of sp³-hybridized carbons (Fsp3) is 1.00. The Morgan fingerprint density at radius 1 is 1.28 bits per heavy atom. The van der Waals surface area contributed by atoms with Crippen molar-refractivity contribution >= 4 is 7.14 Å². The highest BCUT2D eigenvalue weighted by molar-refractivity contribution is 7.62. The molecule has 0 N–H and O–H groups in total. The number of rotatable bonds is 3. The second-order valence-corrected chi connectivity index (χ2v) is 10.2. The monoisotopic (exact) mass is 276 g/mol. The van der Waals surface area contributed by atoms with Gasteiger partial charge < -0.3 is 18.8 Å². The van der Waals surface area contributed by atoms with Crippen molar-refractivity contribution in [1.29, 1.82) is 0 Å². The van der Waals surface area contributed by atoms with Crippen LogP contribution in [-0.2, 0) is 18.8 Å². The van der Waals surface area contributed by atoms with Gasteiger partial charge in [0.25, 0.3) is 0 Å². The van der Waals surface area contributed by atoms with Gasteiger partial charge in [-0.15, -0.1) is 0 Å². The molecule has 5 heteroatoms. The molecule has 0 aliphatic carbocycles. The maximum absolute atomic E-state index is 11.9. The quantitative estimate of drug-likeness (QED) is 0.743. The summed E-state index contributed by atoms with van der Waals surface area (Å²) in [4.78, 5) is 0.